The normalized spacial score (nSPS) is 15.9. The summed E-state index contributed by atoms with van der Waals surface area (Å²) >= 11 is 0. The van der Waals surface area contributed by atoms with Crippen LogP contribution in [0.1, 0.15) is 24.1 Å². The van der Waals surface area contributed by atoms with E-state index in [2.05, 4.69) is 15.6 Å². The molecule has 1 aliphatic heterocycles. The molecule has 0 saturated carbocycles. The number of hydrogen-bond donors (Lipinski definition) is 3. The van der Waals surface area contributed by atoms with Gasteiger partial charge in [-0.1, -0.05) is 24.3 Å². The highest BCUT2D eigenvalue weighted by Crippen LogP contribution is 2.30. The molecule has 1 aliphatic rings. The summed E-state index contributed by atoms with van der Waals surface area (Å²) in [5, 5.41) is 5.74. The van der Waals surface area contributed by atoms with E-state index in [1.54, 1.807) is 48.8 Å². The Morgan fingerprint density at radius 3 is 2.53 bits per heavy atom. The number of pyridine rings is 1. The Balaban J connectivity index is 1.46. The van der Waals surface area contributed by atoms with Gasteiger partial charge >= 0.3 is 6.09 Å². The van der Waals surface area contributed by atoms with Crippen molar-refractivity contribution in [1.82, 2.24) is 15.6 Å². The predicted molar refractivity (Wildman–Crippen MR) is 131 cm³/mol. The van der Waals surface area contributed by atoms with Crippen molar-refractivity contribution in [2.75, 3.05) is 18.0 Å². The maximum absolute atomic E-state index is 15.0. The number of halogens is 1. The molecule has 1 aromatic heterocycles. The lowest BCUT2D eigenvalue weighted by Crippen LogP contribution is -2.33. The smallest absolute Gasteiger partial charge is 0.414 e. The van der Waals surface area contributed by atoms with Gasteiger partial charge in [0, 0.05) is 31.4 Å². The molecule has 4 N–H and O–H groups in total. The van der Waals surface area contributed by atoms with Crippen LogP contribution in [0.25, 0.3) is 11.1 Å². The largest absolute Gasteiger partial charge is 0.442 e. The summed E-state index contributed by atoms with van der Waals surface area (Å²) in [6, 6.07) is 14.3. The molecule has 2 aromatic carbocycles. The van der Waals surface area contributed by atoms with Crippen LogP contribution in [0.4, 0.5) is 14.9 Å². The van der Waals surface area contributed by atoms with Gasteiger partial charge in [-0.2, -0.15) is 0 Å². The van der Waals surface area contributed by atoms with Crippen LogP contribution in [-0.4, -0.2) is 42.1 Å². The van der Waals surface area contributed by atoms with Crippen molar-refractivity contribution in [3.8, 4) is 11.1 Å². The van der Waals surface area contributed by atoms with Gasteiger partial charge < -0.3 is 15.8 Å². The Morgan fingerprint density at radius 1 is 1.17 bits per heavy atom. The predicted octanol–water partition coefficient (Wildman–Crippen LogP) is 2.67. The molecule has 3 aromatic rings. The lowest BCUT2D eigenvalue weighted by atomic mass is 9.99. The number of nitrogens with two attached hydrogens (primary N) is 1. The molecule has 0 aliphatic carbocycles. The number of carbonyl (C=O) groups is 3. The van der Waals surface area contributed by atoms with Crippen molar-refractivity contribution in [3.63, 3.8) is 0 Å². The van der Waals surface area contributed by atoms with Gasteiger partial charge in [0.2, 0.25) is 11.8 Å². The number of cyclic esters (lactones) is 1. The number of benzene rings is 2. The van der Waals surface area contributed by atoms with Crippen LogP contribution >= 0.6 is 0 Å². The fourth-order valence-corrected chi connectivity index (χ4v) is 3.96. The van der Waals surface area contributed by atoms with E-state index in [-0.39, 0.29) is 19.0 Å². The highest BCUT2D eigenvalue weighted by molar-refractivity contribution is 5.90. The highest BCUT2D eigenvalue weighted by Gasteiger charge is 2.32. The van der Waals surface area contributed by atoms with Crippen LogP contribution in [0.3, 0.4) is 0 Å². The first-order valence-electron chi connectivity index (χ1n) is 11.4. The van der Waals surface area contributed by atoms with Gasteiger partial charge in [-0.05, 0) is 47.0 Å². The van der Waals surface area contributed by atoms with E-state index in [4.69, 9.17) is 10.5 Å². The van der Waals surface area contributed by atoms with Crippen molar-refractivity contribution < 1.29 is 23.5 Å². The third-order valence-electron chi connectivity index (χ3n) is 5.82. The van der Waals surface area contributed by atoms with Crippen LogP contribution in [0.5, 0.6) is 0 Å². The molecule has 2 unspecified atom stereocenters. The molecule has 3 amide bonds. The number of hydrogen-bond acceptors (Lipinski definition) is 6. The summed E-state index contributed by atoms with van der Waals surface area (Å²) in [5.74, 6) is -1.26. The first-order valence-corrected chi connectivity index (χ1v) is 11.4. The topological polar surface area (TPSA) is 127 Å². The number of nitrogens with one attached hydrogen (secondary N) is 2. The molecule has 0 bridgehead atoms. The second-order valence-corrected chi connectivity index (χ2v) is 8.41. The van der Waals surface area contributed by atoms with Crippen LogP contribution in [0, 0.1) is 5.82 Å². The fourth-order valence-electron chi connectivity index (χ4n) is 3.96. The molecule has 2 heterocycles. The summed E-state index contributed by atoms with van der Waals surface area (Å²) in [5.41, 5.74) is 8.52. The standard InChI is InChI=1S/C26H26FN5O4/c1-16(33)30-14-21-15-32(26(35)36-21)20-6-7-22(23(27)12-20)18-2-4-19(5-3-18)24(25(28)34)31-13-17-8-10-29-11-9-17/h2-12,21,24,31H,13-15H2,1H3,(H2,28,34)(H,30,33). The number of primary amides is 1. The number of rotatable bonds is 9. The molecule has 4 rings (SSSR count). The number of anilines is 1. The van der Waals surface area contributed by atoms with Crippen molar-refractivity contribution in [2.24, 2.45) is 5.73 Å². The first-order chi connectivity index (χ1) is 17.3. The van der Waals surface area contributed by atoms with E-state index < -0.39 is 30.0 Å². The van der Waals surface area contributed by atoms with Crippen LogP contribution in [0.15, 0.2) is 67.0 Å². The molecule has 36 heavy (non-hydrogen) atoms. The van der Waals surface area contributed by atoms with E-state index in [0.717, 1.165) is 5.56 Å². The number of nitrogens with zero attached hydrogens (tertiary/aromatic N) is 2. The summed E-state index contributed by atoms with van der Waals surface area (Å²) in [4.78, 5) is 40.6. The van der Waals surface area contributed by atoms with Gasteiger partial charge in [-0.3, -0.25) is 24.8 Å². The molecule has 1 fully saturated rings. The minimum atomic E-state index is -0.717. The molecule has 9 nitrogen and oxygen atoms in total. The lowest BCUT2D eigenvalue weighted by molar-refractivity contribution is -0.120. The van der Waals surface area contributed by atoms with E-state index in [1.807, 2.05) is 12.1 Å². The molecular formula is C26H26FN5O4. The molecule has 2 atom stereocenters. The number of amides is 3. The molecule has 186 valence electrons. The Morgan fingerprint density at radius 2 is 1.89 bits per heavy atom. The maximum atomic E-state index is 15.0. The zero-order valence-corrected chi connectivity index (χ0v) is 19.6. The Hall–Kier alpha value is -4.31. The molecule has 10 heteroatoms. The highest BCUT2D eigenvalue weighted by atomic mass is 19.1. The quantitative estimate of drug-likeness (QED) is 0.422. The van der Waals surface area contributed by atoms with Gasteiger partial charge in [0.1, 0.15) is 18.0 Å². The van der Waals surface area contributed by atoms with Crippen LogP contribution in [0.2, 0.25) is 0 Å². The minimum Gasteiger partial charge on any atom is -0.442 e. The molecule has 1 saturated heterocycles. The summed E-state index contributed by atoms with van der Waals surface area (Å²) in [6.07, 6.45) is 2.23. The van der Waals surface area contributed by atoms with E-state index >= 15 is 4.39 Å². The summed E-state index contributed by atoms with van der Waals surface area (Å²) < 4.78 is 20.3. The molecular weight excluding hydrogens is 465 g/mol. The van der Waals surface area contributed by atoms with Crippen molar-refractivity contribution in [1.29, 1.82) is 0 Å². The third-order valence-corrected chi connectivity index (χ3v) is 5.82. The van der Waals surface area contributed by atoms with E-state index in [1.165, 1.54) is 17.9 Å². The monoisotopic (exact) mass is 491 g/mol. The van der Waals surface area contributed by atoms with Gasteiger partial charge in [-0.15, -0.1) is 0 Å². The summed E-state index contributed by atoms with van der Waals surface area (Å²) in [7, 11) is 0. The number of aromatic nitrogens is 1. The van der Waals surface area contributed by atoms with Crippen molar-refractivity contribution in [3.05, 3.63) is 83.9 Å². The maximum Gasteiger partial charge on any atom is 0.414 e. The number of carbonyl (C=O) groups excluding carboxylic acids is 3. The van der Waals surface area contributed by atoms with Crippen LogP contribution in [-0.2, 0) is 20.9 Å². The lowest BCUT2D eigenvalue weighted by Gasteiger charge is -2.17. The number of ether oxygens (including phenoxy) is 1. The van der Waals surface area contributed by atoms with Crippen molar-refractivity contribution >= 4 is 23.6 Å². The molecule has 0 radical (unpaired) electrons. The zero-order chi connectivity index (χ0) is 25.7. The first kappa shape index (κ1) is 24.8. The Labute approximate surface area is 207 Å². The average molecular weight is 492 g/mol. The Bertz CT molecular complexity index is 1250. The van der Waals surface area contributed by atoms with Gasteiger partial charge in [-0.25, -0.2) is 9.18 Å². The fraction of sp³-hybridized carbons (Fsp3) is 0.231. The molecule has 0 spiro atoms. The third kappa shape index (κ3) is 5.84. The average Bonchev–Trinajstić information content (AvgIpc) is 3.24. The summed E-state index contributed by atoms with van der Waals surface area (Å²) in [6.45, 7) is 2.20. The van der Waals surface area contributed by atoms with Crippen LogP contribution < -0.4 is 21.3 Å². The van der Waals surface area contributed by atoms with Gasteiger partial charge in [0.25, 0.3) is 0 Å². The van der Waals surface area contributed by atoms with Gasteiger partial charge in [0.05, 0.1) is 18.8 Å². The SMILES string of the molecule is CC(=O)NCC1CN(c2ccc(-c3ccc(C(NCc4ccncc4)C(N)=O)cc3)c(F)c2)C(=O)O1. The van der Waals surface area contributed by atoms with Crippen molar-refractivity contribution in [2.45, 2.75) is 25.6 Å². The second-order valence-electron chi connectivity index (χ2n) is 8.41. The van der Waals surface area contributed by atoms with E-state index in [0.29, 0.717) is 28.9 Å². The van der Waals surface area contributed by atoms with E-state index in [9.17, 15) is 14.4 Å². The minimum absolute atomic E-state index is 0.189. The van der Waals surface area contributed by atoms with Gasteiger partial charge in [0.15, 0.2) is 0 Å². The second kappa shape index (κ2) is 11.0. The Kier molecular flexibility index (Phi) is 7.55. The zero-order valence-electron chi connectivity index (χ0n) is 19.6.